The zero-order chi connectivity index (χ0) is 29.2. The van der Waals surface area contributed by atoms with Crippen molar-refractivity contribution in [2.24, 2.45) is 4.99 Å². The van der Waals surface area contributed by atoms with E-state index in [9.17, 15) is 9.18 Å². The van der Waals surface area contributed by atoms with Gasteiger partial charge in [-0.3, -0.25) is 4.79 Å². The van der Waals surface area contributed by atoms with Gasteiger partial charge in [0.1, 0.15) is 10.8 Å². The summed E-state index contributed by atoms with van der Waals surface area (Å²) in [6.45, 7) is 6.81. The smallest absolute Gasteiger partial charge is 0.259 e. The van der Waals surface area contributed by atoms with E-state index in [0.29, 0.717) is 6.54 Å². The molecule has 4 nitrogen and oxygen atoms in total. The lowest BCUT2D eigenvalue weighted by atomic mass is 9.96. The van der Waals surface area contributed by atoms with E-state index < -0.39 is 0 Å². The molecular weight excluding hydrogens is 541 g/mol. The summed E-state index contributed by atoms with van der Waals surface area (Å²) >= 11 is 1.67. The minimum Gasteiger partial charge on any atom is -0.340 e. The van der Waals surface area contributed by atoms with E-state index in [0.717, 1.165) is 80.8 Å². The average Bonchev–Trinajstić information content (AvgIpc) is 3.44. The summed E-state index contributed by atoms with van der Waals surface area (Å²) in [5.41, 5.74) is 9.16. The summed E-state index contributed by atoms with van der Waals surface area (Å²) in [6, 6.07) is 21.1. The van der Waals surface area contributed by atoms with E-state index in [1.54, 1.807) is 11.3 Å². The third-order valence-electron chi connectivity index (χ3n) is 8.37. The highest BCUT2D eigenvalue weighted by Gasteiger charge is 2.25. The molecule has 42 heavy (non-hydrogen) atoms. The van der Waals surface area contributed by atoms with E-state index in [4.69, 9.17) is 4.99 Å². The molecule has 0 saturated heterocycles. The van der Waals surface area contributed by atoms with E-state index in [2.05, 4.69) is 35.0 Å². The van der Waals surface area contributed by atoms with Crippen LogP contribution in [0.2, 0.25) is 0 Å². The lowest BCUT2D eigenvalue weighted by molar-refractivity contribution is 0.102. The van der Waals surface area contributed by atoms with E-state index in [1.165, 1.54) is 35.4 Å². The van der Waals surface area contributed by atoms with Gasteiger partial charge in [0.2, 0.25) is 0 Å². The Balaban J connectivity index is 1.41. The third kappa shape index (κ3) is 5.68. The second-order valence-corrected chi connectivity index (χ2v) is 12.4. The number of anilines is 1. The van der Waals surface area contributed by atoms with Gasteiger partial charge in [0, 0.05) is 45.5 Å². The molecular formula is C36H36FN3OS. The fraction of sp³-hybridized carbons (Fsp3) is 0.278. The fourth-order valence-electron chi connectivity index (χ4n) is 6.01. The first-order valence-corrected chi connectivity index (χ1v) is 15.6. The fourth-order valence-corrected chi connectivity index (χ4v) is 7.24. The molecule has 0 unspecified atom stereocenters. The molecule has 1 aliphatic carbocycles. The Morgan fingerprint density at radius 1 is 0.976 bits per heavy atom. The Morgan fingerprint density at radius 2 is 1.74 bits per heavy atom. The summed E-state index contributed by atoms with van der Waals surface area (Å²) < 4.78 is 15.8. The normalized spacial score (nSPS) is 13.7. The number of hydrogen-bond acceptors (Lipinski definition) is 3. The van der Waals surface area contributed by atoms with Crippen molar-refractivity contribution in [2.45, 2.75) is 65.8 Å². The van der Waals surface area contributed by atoms with Crippen molar-refractivity contribution in [2.75, 3.05) is 5.32 Å². The maximum absolute atomic E-state index is 13.9. The van der Waals surface area contributed by atoms with Crippen molar-refractivity contribution in [3.63, 3.8) is 0 Å². The van der Waals surface area contributed by atoms with Crippen LogP contribution in [0.5, 0.6) is 0 Å². The number of benzene rings is 3. The van der Waals surface area contributed by atoms with Crippen LogP contribution in [0, 0.1) is 26.6 Å². The topological polar surface area (TPSA) is 46.4 Å². The van der Waals surface area contributed by atoms with Gasteiger partial charge in [-0.25, -0.2) is 9.38 Å². The lowest BCUT2D eigenvalue weighted by Crippen LogP contribution is -2.15. The van der Waals surface area contributed by atoms with Crippen LogP contribution >= 0.6 is 11.3 Å². The molecule has 5 aromatic rings. The van der Waals surface area contributed by atoms with Crippen molar-refractivity contribution < 1.29 is 9.18 Å². The van der Waals surface area contributed by atoms with E-state index in [-0.39, 0.29) is 11.7 Å². The highest BCUT2D eigenvalue weighted by atomic mass is 32.1. The average molecular weight is 578 g/mol. The maximum Gasteiger partial charge on any atom is 0.259 e. The van der Waals surface area contributed by atoms with Gasteiger partial charge in [0.15, 0.2) is 0 Å². The number of carbonyl (C=O) groups is 1. The molecule has 1 aliphatic rings. The number of para-hydroxylation sites is 1. The third-order valence-corrected chi connectivity index (χ3v) is 9.57. The summed E-state index contributed by atoms with van der Waals surface area (Å²) in [5.74, 6) is -0.313. The van der Waals surface area contributed by atoms with E-state index in [1.807, 2.05) is 56.5 Å². The number of hydrogen-bond donors (Lipinski definition) is 1. The molecule has 0 atom stereocenters. The standard InChI is InChI=1S/C36H36FN3OS/c1-23-14-15-24(2)31(20-23)39-35(41)34-29-11-6-4-5-7-13-33(29)42-36(34)38-21-30-25(3)40(32-12-9-8-10-28(30)32)22-26-16-18-27(37)19-17-26/h8-10,12,14-21H,4-7,11,13,22H2,1-3H3,(H,39,41). The van der Waals surface area contributed by atoms with Gasteiger partial charge < -0.3 is 9.88 Å². The first-order chi connectivity index (χ1) is 20.4. The number of fused-ring (bicyclic) bond motifs is 2. The molecule has 2 heterocycles. The number of nitrogens with zero attached hydrogens (tertiary/aromatic N) is 2. The molecule has 0 aliphatic heterocycles. The number of halogens is 1. The number of aryl methyl sites for hydroxylation is 3. The number of amides is 1. The van der Waals surface area contributed by atoms with Gasteiger partial charge in [-0.05, 0) is 93.0 Å². The quantitative estimate of drug-likeness (QED) is 0.201. The SMILES string of the molecule is Cc1ccc(C)c(NC(=O)c2c(N=Cc3c(C)n(Cc4ccc(F)cc4)c4ccccc34)sc3c2CCCCCC3)c1. The summed E-state index contributed by atoms with van der Waals surface area (Å²) in [5, 5.41) is 5.10. The number of aromatic nitrogens is 1. The molecule has 6 rings (SSSR count). The van der Waals surface area contributed by atoms with Crippen LogP contribution in [-0.2, 0) is 19.4 Å². The zero-order valence-electron chi connectivity index (χ0n) is 24.5. The molecule has 6 heteroatoms. The molecule has 0 radical (unpaired) electrons. The molecule has 1 N–H and O–H groups in total. The number of aliphatic imine (C=N–C) groups is 1. The van der Waals surface area contributed by atoms with Gasteiger partial charge in [-0.2, -0.15) is 0 Å². The van der Waals surface area contributed by atoms with Crippen LogP contribution in [0.3, 0.4) is 0 Å². The van der Waals surface area contributed by atoms with Crippen LogP contribution in [0.15, 0.2) is 71.7 Å². The first kappa shape index (κ1) is 28.1. The molecule has 1 amide bonds. The number of carbonyl (C=O) groups excluding carboxylic acids is 1. The predicted molar refractivity (Wildman–Crippen MR) is 173 cm³/mol. The van der Waals surface area contributed by atoms with E-state index >= 15 is 0 Å². The Labute approximate surface area is 250 Å². The summed E-state index contributed by atoms with van der Waals surface area (Å²) in [6.07, 6.45) is 8.50. The van der Waals surface area contributed by atoms with Crippen LogP contribution in [-0.4, -0.2) is 16.7 Å². The summed E-state index contributed by atoms with van der Waals surface area (Å²) in [7, 11) is 0. The summed E-state index contributed by atoms with van der Waals surface area (Å²) in [4.78, 5) is 20.3. The van der Waals surface area contributed by atoms with Gasteiger partial charge in [-0.15, -0.1) is 11.3 Å². The van der Waals surface area contributed by atoms with Crippen LogP contribution in [0.4, 0.5) is 15.1 Å². The largest absolute Gasteiger partial charge is 0.340 e. The molecule has 2 aromatic heterocycles. The van der Waals surface area contributed by atoms with Crippen LogP contribution < -0.4 is 5.32 Å². The molecule has 3 aromatic carbocycles. The lowest BCUT2D eigenvalue weighted by Gasteiger charge is -2.13. The van der Waals surface area contributed by atoms with Crippen molar-refractivity contribution in [3.05, 3.63) is 116 Å². The van der Waals surface area contributed by atoms with Crippen molar-refractivity contribution in [1.29, 1.82) is 0 Å². The van der Waals surface area contributed by atoms with Gasteiger partial charge in [0.25, 0.3) is 5.91 Å². The monoisotopic (exact) mass is 577 g/mol. The Morgan fingerprint density at radius 3 is 2.55 bits per heavy atom. The van der Waals surface area contributed by atoms with Gasteiger partial charge in [-0.1, -0.05) is 55.3 Å². The Bertz CT molecular complexity index is 1790. The highest BCUT2D eigenvalue weighted by molar-refractivity contribution is 7.16. The van der Waals surface area contributed by atoms with Crippen molar-refractivity contribution in [1.82, 2.24) is 4.57 Å². The van der Waals surface area contributed by atoms with Crippen LogP contribution in [0.25, 0.3) is 10.9 Å². The molecule has 0 spiro atoms. The predicted octanol–water partition coefficient (Wildman–Crippen LogP) is 9.48. The highest BCUT2D eigenvalue weighted by Crippen LogP contribution is 2.40. The molecule has 0 bridgehead atoms. The number of nitrogens with one attached hydrogen (secondary N) is 1. The Kier molecular flexibility index (Phi) is 8.07. The minimum atomic E-state index is -0.233. The van der Waals surface area contributed by atoms with Crippen molar-refractivity contribution in [3.8, 4) is 0 Å². The van der Waals surface area contributed by atoms with Crippen LogP contribution in [0.1, 0.15) is 74.4 Å². The Hall–Kier alpha value is -4.03. The number of rotatable bonds is 6. The molecule has 214 valence electrons. The molecule has 0 saturated carbocycles. The van der Waals surface area contributed by atoms with Gasteiger partial charge in [0.05, 0.1) is 5.56 Å². The second-order valence-electron chi connectivity index (χ2n) is 11.4. The second kappa shape index (κ2) is 12.1. The van der Waals surface area contributed by atoms with Gasteiger partial charge >= 0.3 is 0 Å². The number of thiophene rings is 1. The first-order valence-electron chi connectivity index (χ1n) is 14.8. The molecule has 0 fully saturated rings. The van der Waals surface area contributed by atoms with Crippen molar-refractivity contribution >= 4 is 45.0 Å². The maximum atomic E-state index is 13.9. The minimum absolute atomic E-state index is 0.0793. The zero-order valence-corrected chi connectivity index (χ0v) is 25.3.